The van der Waals surface area contributed by atoms with Gasteiger partial charge in [0.15, 0.2) is 0 Å². The third kappa shape index (κ3) is 3.46. The Kier molecular flexibility index (Phi) is 4.65. The summed E-state index contributed by atoms with van der Waals surface area (Å²) in [6.07, 6.45) is 0. The summed E-state index contributed by atoms with van der Waals surface area (Å²) in [5.74, 6) is -0.268. The molecule has 0 unspecified atom stereocenters. The highest BCUT2D eigenvalue weighted by Crippen LogP contribution is 2.26. The Morgan fingerprint density at radius 2 is 1.83 bits per heavy atom. The molecule has 0 bridgehead atoms. The van der Waals surface area contributed by atoms with Crippen molar-refractivity contribution < 1.29 is 4.39 Å². The molecule has 1 nitrogen and oxygen atoms in total. The third-order valence-electron chi connectivity index (χ3n) is 2.41. The minimum atomic E-state index is -0.268. The van der Waals surface area contributed by atoms with Crippen LogP contribution in [0.5, 0.6) is 0 Å². The van der Waals surface area contributed by atoms with Crippen LogP contribution in [0.3, 0.4) is 0 Å². The smallest absolute Gasteiger partial charge is 0.125 e. The number of hydrogen-bond acceptors (Lipinski definition) is 1. The van der Waals surface area contributed by atoms with Gasteiger partial charge >= 0.3 is 0 Å². The Hall–Kier alpha value is -0.580. The van der Waals surface area contributed by atoms with E-state index in [0.29, 0.717) is 11.6 Å². The topological polar surface area (TPSA) is 12.0 Å². The van der Waals surface area contributed by atoms with Crippen molar-refractivity contribution in [2.24, 2.45) is 0 Å². The second kappa shape index (κ2) is 6.04. The van der Waals surface area contributed by atoms with Gasteiger partial charge in [0, 0.05) is 20.5 Å². The number of benzene rings is 2. The van der Waals surface area contributed by atoms with E-state index < -0.39 is 0 Å². The first-order chi connectivity index (χ1) is 8.56. The van der Waals surface area contributed by atoms with E-state index in [0.717, 1.165) is 20.2 Å². The Morgan fingerprint density at radius 1 is 1.06 bits per heavy atom. The fraction of sp³-hybridized carbons (Fsp3) is 0.0769. The summed E-state index contributed by atoms with van der Waals surface area (Å²) in [5, 5.41) is 3.85. The van der Waals surface area contributed by atoms with Crippen molar-refractivity contribution >= 4 is 49.1 Å². The molecule has 0 amide bonds. The molecule has 0 saturated heterocycles. The molecule has 1 N–H and O–H groups in total. The van der Waals surface area contributed by atoms with Crippen LogP contribution in [0.1, 0.15) is 5.56 Å². The molecule has 0 spiro atoms. The summed E-state index contributed by atoms with van der Waals surface area (Å²) in [4.78, 5) is 0. The number of hydrogen-bond donors (Lipinski definition) is 1. The van der Waals surface area contributed by atoms with Gasteiger partial charge in [-0.3, -0.25) is 0 Å². The highest BCUT2D eigenvalue weighted by molar-refractivity contribution is 9.11. The van der Waals surface area contributed by atoms with Crippen molar-refractivity contribution in [3.63, 3.8) is 0 Å². The van der Waals surface area contributed by atoms with Gasteiger partial charge in [-0.2, -0.15) is 0 Å². The van der Waals surface area contributed by atoms with Crippen LogP contribution in [0, 0.1) is 5.82 Å². The average Bonchev–Trinajstić information content (AvgIpc) is 2.32. The lowest BCUT2D eigenvalue weighted by Gasteiger charge is -2.10. The maximum Gasteiger partial charge on any atom is 0.125 e. The fourth-order valence-corrected chi connectivity index (χ4v) is 2.70. The normalized spacial score (nSPS) is 10.4. The minimum Gasteiger partial charge on any atom is -0.380 e. The van der Waals surface area contributed by atoms with Gasteiger partial charge in [-0.15, -0.1) is 0 Å². The van der Waals surface area contributed by atoms with Gasteiger partial charge in [-0.25, -0.2) is 4.39 Å². The van der Waals surface area contributed by atoms with Crippen molar-refractivity contribution in [2.75, 3.05) is 5.32 Å². The first-order valence-electron chi connectivity index (χ1n) is 5.19. The Balaban J connectivity index is 2.13. The van der Waals surface area contributed by atoms with E-state index in [4.69, 9.17) is 11.6 Å². The molecule has 2 rings (SSSR count). The van der Waals surface area contributed by atoms with Gasteiger partial charge in [0.2, 0.25) is 0 Å². The molecule has 2 aromatic rings. The lowest BCUT2D eigenvalue weighted by molar-refractivity contribution is 0.628. The zero-order chi connectivity index (χ0) is 13.1. The highest BCUT2D eigenvalue weighted by Gasteiger charge is 2.04. The van der Waals surface area contributed by atoms with Crippen LogP contribution in [0.15, 0.2) is 45.3 Å². The first-order valence-corrected chi connectivity index (χ1v) is 7.15. The third-order valence-corrected chi connectivity index (χ3v) is 4.08. The van der Waals surface area contributed by atoms with Crippen molar-refractivity contribution in [3.8, 4) is 0 Å². The van der Waals surface area contributed by atoms with E-state index in [-0.39, 0.29) is 5.82 Å². The second-order valence-electron chi connectivity index (χ2n) is 3.71. The SMILES string of the molecule is Fc1ccc(Br)c(NCc2ccc(Cl)cc2Br)c1. The van der Waals surface area contributed by atoms with E-state index in [1.807, 2.05) is 18.2 Å². The Bertz CT molecular complexity index is 575. The van der Waals surface area contributed by atoms with Gasteiger partial charge < -0.3 is 5.32 Å². The molecule has 0 aromatic heterocycles. The van der Waals surface area contributed by atoms with Gasteiger partial charge in [-0.1, -0.05) is 33.6 Å². The number of rotatable bonds is 3. The lowest BCUT2D eigenvalue weighted by Crippen LogP contribution is -2.01. The predicted octanol–water partition coefficient (Wildman–Crippen LogP) is 5.62. The molecule has 94 valence electrons. The maximum atomic E-state index is 13.1. The molecule has 2 aromatic carbocycles. The molecule has 0 heterocycles. The van der Waals surface area contributed by atoms with Gasteiger partial charge in [0.25, 0.3) is 0 Å². The van der Waals surface area contributed by atoms with Gasteiger partial charge in [0.05, 0.1) is 5.69 Å². The van der Waals surface area contributed by atoms with E-state index in [1.165, 1.54) is 12.1 Å². The quantitative estimate of drug-likeness (QED) is 0.714. The molecule has 0 aliphatic rings. The second-order valence-corrected chi connectivity index (χ2v) is 5.86. The summed E-state index contributed by atoms with van der Waals surface area (Å²) < 4.78 is 14.9. The molecule has 5 heteroatoms. The minimum absolute atomic E-state index is 0.268. The zero-order valence-electron chi connectivity index (χ0n) is 9.18. The molecule has 0 atom stereocenters. The fourth-order valence-electron chi connectivity index (χ4n) is 1.49. The van der Waals surface area contributed by atoms with Crippen molar-refractivity contribution in [3.05, 3.63) is 61.7 Å². The van der Waals surface area contributed by atoms with Crippen molar-refractivity contribution in [1.29, 1.82) is 0 Å². The summed E-state index contributed by atoms with van der Waals surface area (Å²) in [7, 11) is 0. The Labute approximate surface area is 127 Å². The van der Waals surface area contributed by atoms with Crippen LogP contribution in [0.2, 0.25) is 5.02 Å². The summed E-state index contributed by atoms with van der Waals surface area (Å²) >= 11 is 12.7. The molecular weight excluding hydrogens is 384 g/mol. The van der Waals surface area contributed by atoms with Gasteiger partial charge in [0.1, 0.15) is 5.82 Å². The maximum absolute atomic E-state index is 13.1. The van der Waals surface area contributed by atoms with E-state index >= 15 is 0 Å². The molecule has 0 aliphatic heterocycles. The van der Waals surface area contributed by atoms with Crippen LogP contribution >= 0.6 is 43.5 Å². The molecular formula is C13H9Br2ClFN. The van der Waals surface area contributed by atoms with E-state index in [9.17, 15) is 4.39 Å². The summed E-state index contributed by atoms with van der Waals surface area (Å²) in [5.41, 5.74) is 1.77. The highest BCUT2D eigenvalue weighted by atomic mass is 79.9. The summed E-state index contributed by atoms with van der Waals surface area (Å²) in [6, 6.07) is 10.1. The number of halogens is 4. The molecule has 18 heavy (non-hydrogen) atoms. The standard InChI is InChI=1S/C13H9Br2ClFN/c14-11-4-3-10(17)6-13(11)18-7-8-1-2-9(16)5-12(8)15/h1-6,18H,7H2. The zero-order valence-corrected chi connectivity index (χ0v) is 13.1. The molecule has 0 saturated carbocycles. The van der Waals surface area contributed by atoms with Crippen LogP contribution < -0.4 is 5.32 Å². The lowest BCUT2D eigenvalue weighted by atomic mass is 10.2. The van der Waals surface area contributed by atoms with Crippen LogP contribution in [-0.2, 0) is 6.54 Å². The average molecular weight is 393 g/mol. The van der Waals surface area contributed by atoms with Crippen LogP contribution in [-0.4, -0.2) is 0 Å². The van der Waals surface area contributed by atoms with Crippen LogP contribution in [0.25, 0.3) is 0 Å². The number of nitrogens with one attached hydrogen (secondary N) is 1. The molecule has 0 fully saturated rings. The van der Waals surface area contributed by atoms with Crippen molar-refractivity contribution in [2.45, 2.75) is 6.54 Å². The number of anilines is 1. The summed E-state index contributed by atoms with van der Waals surface area (Å²) in [6.45, 7) is 0.583. The van der Waals surface area contributed by atoms with Crippen molar-refractivity contribution in [1.82, 2.24) is 0 Å². The van der Waals surface area contributed by atoms with Gasteiger partial charge in [-0.05, 0) is 51.8 Å². The van der Waals surface area contributed by atoms with E-state index in [1.54, 1.807) is 6.07 Å². The van der Waals surface area contributed by atoms with Crippen LogP contribution in [0.4, 0.5) is 10.1 Å². The first kappa shape index (κ1) is 13.8. The predicted molar refractivity (Wildman–Crippen MR) is 80.6 cm³/mol. The molecule has 0 radical (unpaired) electrons. The Morgan fingerprint density at radius 3 is 2.56 bits per heavy atom. The van der Waals surface area contributed by atoms with E-state index in [2.05, 4.69) is 37.2 Å². The largest absolute Gasteiger partial charge is 0.380 e. The monoisotopic (exact) mass is 391 g/mol. The molecule has 0 aliphatic carbocycles.